The predicted octanol–water partition coefficient (Wildman–Crippen LogP) is 0.508. The third-order valence-corrected chi connectivity index (χ3v) is 2.16. The zero-order valence-corrected chi connectivity index (χ0v) is 9.12. The molecule has 2 aromatic heterocycles. The number of carboxylic acid groups (broad SMARTS) is 1. The van der Waals surface area contributed by atoms with Gasteiger partial charge in [-0.3, -0.25) is 4.79 Å². The Balaban J connectivity index is 2.01. The summed E-state index contributed by atoms with van der Waals surface area (Å²) in [6.45, 7) is 1.81. The van der Waals surface area contributed by atoms with E-state index in [1.54, 1.807) is 0 Å². The maximum Gasteiger partial charge on any atom is 0.303 e. The van der Waals surface area contributed by atoms with Crippen LogP contribution in [0.1, 0.15) is 19.2 Å². The van der Waals surface area contributed by atoms with Gasteiger partial charge in [0.2, 0.25) is 11.7 Å². The van der Waals surface area contributed by atoms with E-state index in [2.05, 4.69) is 25.6 Å². The van der Waals surface area contributed by atoms with Gasteiger partial charge in [-0.1, -0.05) is 12.1 Å². The molecular weight excluding hydrogens is 226 g/mol. The zero-order valence-electron chi connectivity index (χ0n) is 9.12. The second-order valence-corrected chi connectivity index (χ2v) is 3.77. The molecule has 0 saturated heterocycles. The summed E-state index contributed by atoms with van der Waals surface area (Å²) in [6.07, 6.45) is 1.98. The summed E-state index contributed by atoms with van der Waals surface area (Å²) in [5, 5.41) is 22.3. The van der Waals surface area contributed by atoms with Gasteiger partial charge in [0.15, 0.2) is 5.69 Å². The van der Waals surface area contributed by atoms with Crippen LogP contribution in [-0.4, -0.2) is 36.6 Å². The van der Waals surface area contributed by atoms with E-state index in [0.29, 0.717) is 23.8 Å². The Hall–Kier alpha value is -2.25. The van der Waals surface area contributed by atoms with E-state index >= 15 is 0 Å². The van der Waals surface area contributed by atoms with Crippen molar-refractivity contribution in [3.8, 4) is 11.5 Å². The van der Waals surface area contributed by atoms with Crippen LogP contribution in [0.4, 0.5) is 0 Å². The van der Waals surface area contributed by atoms with Crippen LogP contribution in [0.2, 0.25) is 0 Å². The molecule has 2 aromatic rings. The number of hydrogen-bond donors (Lipinski definition) is 2. The van der Waals surface area contributed by atoms with Gasteiger partial charge in [-0.05, 0) is 5.92 Å². The molecule has 0 radical (unpaired) electrons. The average molecular weight is 237 g/mol. The summed E-state index contributed by atoms with van der Waals surface area (Å²) in [7, 11) is 0. The predicted molar refractivity (Wildman–Crippen MR) is 54.8 cm³/mol. The monoisotopic (exact) mass is 237 g/mol. The number of carboxylic acids is 1. The van der Waals surface area contributed by atoms with E-state index in [1.165, 1.54) is 6.20 Å². The minimum Gasteiger partial charge on any atom is -0.481 e. The van der Waals surface area contributed by atoms with Crippen molar-refractivity contribution in [1.82, 2.24) is 25.6 Å². The Morgan fingerprint density at radius 2 is 2.47 bits per heavy atom. The third kappa shape index (κ3) is 2.86. The highest BCUT2D eigenvalue weighted by Crippen LogP contribution is 2.14. The summed E-state index contributed by atoms with van der Waals surface area (Å²) >= 11 is 0. The molecule has 0 amide bonds. The molecule has 2 heterocycles. The molecule has 0 spiro atoms. The van der Waals surface area contributed by atoms with Crippen molar-refractivity contribution in [2.75, 3.05) is 0 Å². The minimum absolute atomic E-state index is 0.0573. The van der Waals surface area contributed by atoms with Crippen molar-refractivity contribution in [2.45, 2.75) is 19.8 Å². The molecule has 0 aromatic carbocycles. The lowest BCUT2D eigenvalue weighted by Gasteiger charge is -2.02. The van der Waals surface area contributed by atoms with Gasteiger partial charge in [0.1, 0.15) is 0 Å². The van der Waals surface area contributed by atoms with Crippen molar-refractivity contribution in [3.63, 3.8) is 0 Å². The molecule has 1 atom stereocenters. The lowest BCUT2D eigenvalue weighted by atomic mass is 10.0. The molecule has 17 heavy (non-hydrogen) atoms. The fraction of sp³-hybridized carbons (Fsp3) is 0.444. The van der Waals surface area contributed by atoms with Crippen LogP contribution in [0, 0.1) is 5.92 Å². The SMILES string of the molecule is CC(CC(=O)O)Cc1nc(-c2cn[nH]n2)no1. The molecule has 0 saturated carbocycles. The fourth-order valence-corrected chi connectivity index (χ4v) is 1.42. The second-order valence-electron chi connectivity index (χ2n) is 3.77. The van der Waals surface area contributed by atoms with Gasteiger partial charge in [-0.2, -0.15) is 20.4 Å². The van der Waals surface area contributed by atoms with Crippen LogP contribution in [0.15, 0.2) is 10.7 Å². The standard InChI is InChI=1S/C9H11N5O3/c1-5(3-8(15)16)2-7-11-9(13-17-7)6-4-10-14-12-6/h4-5H,2-3H2,1H3,(H,15,16)(H,10,12,14). The lowest BCUT2D eigenvalue weighted by Crippen LogP contribution is -2.07. The molecule has 0 aliphatic carbocycles. The van der Waals surface area contributed by atoms with Gasteiger partial charge in [0, 0.05) is 12.8 Å². The number of aromatic nitrogens is 5. The highest BCUT2D eigenvalue weighted by molar-refractivity contribution is 5.66. The Kier molecular flexibility index (Phi) is 3.12. The highest BCUT2D eigenvalue weighted by Gasteiger charge is 2.15. The topological polar surface area (TPSA) is 118 Å². The molecule has 8 nitrogen and oxygen atoms in total. The number of nitrogens with zero attached hydrogens (tertiary/aromatic N) is 4. The van der Waals surface area contributed by atoms with Crippen molar-refractivity contribution >= 4 is 5.97 Å². The van der Waals surface area contributed by atoms with Crippen LogP contribution in [-0.2, 0) is 11.2 Å². The van der Waals surface area contributed by atoms with Crippen LogP contribution in [0.5, 0.6) is 0 Å². The van der Waals surface area contributed by atoms with E-state index in [-0.39, 0.29) is 12.3 Å². The molecular formula is C9H11N5O3. The lowest BCUT2D eigenvalue weighted by molar-refractivity contribution is -0.137. The summed E-state index contributed by atoms with van der Waals surface area (Å²) in [4.78, 5) is 14.6. The smallest absolute Gasteiger partial charge is 0.303 e. The number of H-pyrrole nitrogens is 1. The normalized spacial score (nSPS) is 12.5. The number of aliphatic carboxylic acids is 1. The number of aromatic amines is 1. The molecule has 2 rings (SSSR count). The Labute approximate surface area is 96.0 Å². The maximum absolute atomic E-state index is 10.5. The van der Waals surface area contributed by atoms with E-state index in [0.717, 1.165) is 0 Å². The first-order valence-corrected chi connectivity index (χ1v) is 5.05. The third-order valence-electron chi connectivity index (χ3n) is 2.16. The van der Waals surface area contributed by atoms with E-state index in [9.17, 15) is 4.79 Å². The van der Waals surface area contributed by atoms with Crippen molar-refractivity contribution in [2.24, 2.45) is 5.92 Å². The molecule has 1 unspecified atom stereocenters. The zero-order chi connectivity index (χ0) is 12.3. The molecule has 0 fully saturated rings. The van der Waals surface area contributed by atoms with Crippen LogP contribution < -0.4 is 0 Å². The summed E-state index contributed by atoms with van der Waals surface area (Å²) in [5.41, 5.74) is 0.492. The molecule has 0 aliphatic heterocycles. The number of carbonyl (C=O) groups is 1. The highest BCUT2D eigenvalue weighted by atomic mass is 16.5. The van der Waals surface area contributed by atoms with Gasteiger partial charge in [-0.15, -0.1) is 0 Å². The number of hydrogen-bond acceptors (Lipinski definition) is 6. The van der Waals surface area contributed by atoms with Gasteiger partial charge in [-0.25, -0.2) is 0 Å². The van der Waals surface area contributed by atoms with Crippen molar-refractivity contribution < 1.29 is 14.4 Å². The summed E-state index contributed by atoms with van der Waals surface area (Å²) in [6, 6.07) is 0. The fourth-order valence-electron chi connectivity index (χ4n) is 1.42. The Morgan fingerprint density at radius 1 is 1.65 bits per heavy atom. The van der Waals surface area contributed by atoms with Crippen LogP contribution >= 0.6 is 0 Å². The first kappa shape index (κ1) is 11.2. The maximum atomic E-state index is 10.5. The molecule has 0 bridgehead atoms. The Morgan fingerprint density at radius 3 is 3.12 bits per heavy atom. The first-order chi connectivity index (χ1) is 8.15. The van der Waals surface area contributed by atoms with E-state index in [1.807, 2.05) is 6.92 Å². The van der Waals surface area contributed by atoms with Crippen molar-refractivity contribution in [1.29, 1.82) is 0 Å². The molecule has 0 aliphatic rings. The van der Waals surface area contributed by atoms with Gasteiger partial charge < -0.3 is 9.63 Å². The van der Waals surface area contributed by atoms with Gasteiger partial charge in [0.25, 0.3) is 0 Å². The first-order valence-electron chi connectivity index (χ1n) is 5.05. The quantitative estimate of drug-likeness (QED) is 0.777. The summed E-state index contributed by atoms with van der Waals surface area (Å²) < 4.78 is 5.00. The Bertz CT molecular complexity index is 492. The summed E-state index contributed by atoms with van der Waals surface area (Å²) in [5.74, 6) is -0.153. The van der Waals surface area contributed by atoms with Crippen LogP contribution in [0.3, 0.4) is 0 Å². The van der Waals surface area contributed by atoms with E-state index in [4.69, 9.17) is 9.63 Å². The minimum atomic E-state index is -0.839. The molecule has 8 heteroatoms. The van der Waals surface area contributed by atoms with Crippen molar-refractivity contribution in [3.05, 3.63) is 12.1 Å². The van der Waals surface area contributed by atoms with Gasteiger partial charge >= 0.3 is 5.97 Å². The van der Waals surface area contributed by atoms with E-state index < -0.39 is 5.97 Å². The second kappa shape index (κ2) is 4.73. The number of nitrogens with one attached hydrogen (secondary N) is 1. The average Bonchev–Trinajstić information content (AvgIpc) is 2.84. The molecule has 90 valence electrons. The largest absolute Gasteiger partial charge is 0.481 e. The van der Waals surface area contributed by atoms with Crippen LogP contribution in [0.25, 0.3) is 11.5 Å². The number of rotatable bonds is 5. The van der Waals surface area contributed by atoms with Gasteiger partial charge in [0.05, 0.1) is 6.20 Å². The molecule has 2 N–H and O–H groups in total.